The molecule has 0 spiro atoms. The van der Waals surface area contributed by atoms with E-state index in [1.807, 2.05) is 44.2 Å². The maximum Gasteiger partial charge on any atom is 0.408 e. The Morgan fingerprint density at radius 2 is 1.54 bits per heavy atom. The standard InChI is InChI=1S/C36H51N3O7/c1-11-21-39(32(42)28(23(3)12-2)38-34(44)46-36(8,9)10)29(26-20-16-17-24(4)30(26)40)31(41)37-27(33(43)45-35(5,6)7)22-25-18-14-13-15-19-25/h11,13-20,23,27-29,40H,1,12,21-22H2,2-10H3,(H,37,41)(H,38,44). The molecule has 0 saturated heterocycles. The number of nitrogens with one attached hydrogen (secondary N) is 2. The van der Waals surface area contributed by atoms with Gasteiger partial charge in [0.05, 0.1) is 0 Å². The summed E-state index contributed by atoms with van der Waals surface area (Å²) in [5, 5.41) is 16.7. The normalized spacial score (nSPS) is 14.2. The van der Waals surface area contributed by atoms with Gasteiger partial charge in [0.15, 0.2) is 0 Å². The molecular weight excluding hydrogens is 586 g/mol. The molecule has 2 aromatic carbocycles. The Morgan fingerprint density at radius 3 is 2.09 bits per heavy atom. The number of aromatic hydroxyl groups is 1. The number of nitrogens with zero attached hydrogens (tertiary/aromatic N) is 1. The fourth-order valence-electron chi connectivity index (χ4n) is 4.78. The highest BCUT2D eigenvalue weighted by molar-refractivity contribution is 5.94. The summed E-state index contributed by atoms with van der Waals surface area (Å²) in [6, 6.07) is 10.5. The molecule has 2 rings (SSSR count). The van der Waals surface area contributed by atoms with Crippen molar-refractivity contribution in [2.45, 2.75) is 104 Å². The Balaban J connectivity index is 2.66. The van der Waals surface area contributed by atoms with Gasteiger partial charge in [-0.15, -0.1) is 6.58 Å². The maximum atomic E-state index is 14.4. The fraction of sp³-hybridized carbons (Fsp3) is 0.500. The molecule has 0 heterocycles. The molecule has 0 aliphatic heterocycles. The summed E-state index contributed by atoms with van der Waals surface area (Å²) in [5.41, 5.74) is -0.215. The second-order valence-corrected chi connectivity index (χ2v) is 13.5. The second kappa shape index (κ2) is 16.3. The molecule has 0 fully saturated rings. The minimum atomic E-state index is -1.40. The largest absolute Gasteiger partial charge is 0.507 e. The van der Waals surface area contributed by atoms with E-state index in [2.05, 4.69) is 17.2 Å². The zero-order valence-corrected chi connectivity index (χ0v) is 28.7. The topological polar surface area (TPSA) is 134 Å². The van der Waals surface area contributed by atoms with E-state index in [1.54, 1.807) is 66.7 Å². The highest BCUT2D eigenvalue weighted by Gasteiger charge is 2.40. The molecule has 46 heavy (non-hydrogen) atoms. The quantitative estimate of drug-likeness (QED) is 0.188. The van der Waals surface area contributed by atoms with Crippen molar-refractivity contribution in [2.24, 2.45) is 5.92 Å². The Hall–Kier alpha value is -4.34. The molecule has 10 nitrogen and oxygen atoms in total. The highest BCUT2D eigenvalue weighted by Crippen LogP contribution is 2.33. The number of amides is 3. The number of esters is 1. The first kappa shape index (κ1) is 37.8. The number of phenols is 1. The summed E-state index contributed by atoms with van der Waals surface area (Å²) in [6.45, 7) is 19.4. The Labute approximate surface area is 273 Å². The van der Waals surface area contributed by atoms with Crippen molar-refractivity contribution < 1.29 is 33.8 Å². The summed E-state index contributed by atoms with van der Waals surface area (Å²) in [7, 11) is 0. The summed E-state index contributed by atoms with van der Waals surface area (Å²) in [6.07, 6.45) is 1.33. The van der Waals surface area contributed by atoms with Crippen LogP contribution in [-0.4, -0.2) is 63.7 Å². The van der Waals surface area contributed by atoms with E-state index in [0.717, 1.165) is 5.56 Å². The van der Waals surface area contributed by atoms with E-state index in [-0.39, 0.29) is 30.2 Å². The van der Waals surface area contributed by atoms with Crippen LogP contribution in [0.4, 0.5) is 4.79 Å². The van der Waals surface area contributed by atoms with Crippen LogP contribution in [0.1, 0.15) is 84.5 Å². The molecule has 3 N–H and O–H groups in total. The minimum absolute atomic E-state index is 0.108. The lowest BCUT2D eigenvalue weighted by Gasteiger charge is -2.36. The minimum Gasteiger partial charge on any atom is -0.507 e. The zero-order chi connectivity index (χ0) is 34.8. The Morgan fingerprint density at radius 1 is 0.935 bits per heavy atom. The molecule has 2 aromatic rings. The van der Waals surface area contributed by atoms with E-state index < -0.39 is 53.2 Å². The lowest BCUT2D eigenvalue weighted by Crippen LogP contribution is -2.56. The third-order valence-corrected chi connectivity index (χ3v) is 7.17. The Kier molecular flexibility index (Phi) is 13.4. The van der Waals surface area contributed by atoms with Crippen LogP contribution in [-0.2, 0) is 30.3 Å². The first-order chi connectivity index (χ1) is 21.4. The zero-order valence-electron chi connectivity index (χ0n) is 28.7. The third kappa shape index (κ3) is 11.2. The van der Waals surface area contributed by atoms with Gasteiger partial charge < -0.3 is 30.1 Å². The SMILES string of the molecule is C=CCN(C(=O)C(NC(=O)OC(C)(C)C)C(C)CC)C(C(=O)NC(Cc1ccccc1)C(=O)OC(C)(C)C)c1cccc(C)c1O. The number of ether oxygens (including phenoxy) is 2. The van der Waals surface area contributed by atoms with Crippen LogP contribution in [0, 0.1) is 12.8 Å². The van der Waals surface area contributed by atoms with E-state index in [9.17, 15) is 24.3 Å². The van der Waals surface area contributed by atoms with Gasteiger partial charge in [-0.05, 0) is 65.5 Å². The average molecular weight is 638 g/mol. The van der Waals surface area contributed by atoms with Crippen molar-refractivity contribution in [3.63, 3.8) is 0 Å². The van der Waals surface area contributed by atoms with Crippen LogP contribution >= 0.6 is 0 Å². The molecule has 4 atom stereocenters. The van der Waals surface area contributed by atoms with Crippen LogP contribution in [0.5, 0.6) is 5.75 Å². The van der Waals surface area contributed by atoms with Crippen molar-refractivity contribution >= 4 is 23.9 Å². The molecule has 10 heteroatoms. The van der Waals surface area contributed by atoms with Gasteiger partial charge in [-0.2, -0.15) is 0 Å². The lowest BCUT2D eigenvalue weighted by molar-refractivity contribution is -0.159. The summed E-state index contributed by atoms with van der Waals surface area (Å²) < 4.78 is 11.1. The van der Waals surface area contributed by atoms with Crippen molar-refractivity contribution in [3.05, 3.63) is 77.9 Å². The van der Waals surface area contributed by atoms with Crippen LogP contribution in [0.3, 0.4) is 0 Å². The first-order valence-corrected chi connectivity index (χ1v) is 15.6. The number of hydrogen-bond acceptors (Lipinski definition) is 7. The molecule has 252 valence electrons. The molecule has 0 saturated carbocycles. The fourth-order valence-corrected chi connectivity index (χ4v) is 4.78. The van der Waals surface area contributed by atoms with E-state index in [0.29, 0.717) is 12.0 Å². The summed E-state index contributed by atoms with van der Waals surface area (Å²) >= 11 is 0. The number of aryl methyl sites for hydroxylation is 1. The number of rotatable bonds is 13. The smallest absolute Gasteiger partial charge is 0.408 e. The molecule has 0 aromatic heterocycles. The molecular formula is C36H51N3O7. The van der Waals surface area contributed by atoms with Crippen molar-refractivity contribution in [1.82, 2.24) is 15.5 Å². The van der Waals surface area contributed by atoms with Crippen molar-refractivity contribution in [3.8, 4) is 5.75 Å². The molecule has 3 amide bonds. The number of benzene rings is 2. The van der Waals surface area contributed by atoms with Gasteiger partial charge >= 0.3 is 12.1 Å². The molecule has 0 aliphatic rings. The van der Waals surface area contributed by atoms with E-state index >= 15 is 0 Å². The van der Waals surface area contributed by atoms with Gasteiger partial charge in [0.25, 0.3) is 0 Å². The molecule has 0 aliphatic carbocycles. The molecule has 0 bridgehead atoms. The highest BCUT2D eigenvalue weighted by atomic mass is 16.6. The second-order valence-electron chi connectivity index (χ2n) is 13.5. The van der Waals surface area contributed by atoms with Gasteiger partial charge in [0.2, 0.25) is 11.8 Å². The van der Waals surface area contributed by atoms with E-state index in [1.165, 1.54) is 11.0 Å². The van der Waals surface area contributed by atoms with Crippen molar-refractivity contribution in [2.75, 3.05) is 6.54 Å². The number of carbonyl (C=O) groups is 4. The Bertz CT molecular complexity index is 1360. The van der Waals surface area contributed by atoms with Gasteiger partial charge in [-0.3, -0.25) is 9.59 Å². The van der Waals surface area contributed by atoms with Crippen molar-refractivity contribution in [1.29, 1.82) is 0 Å². The van der Waals surface area contributed by atoms with Crippen LogP contribution in [0.25, 0.3) is 0 Å². The number of alkyl carbamates (subject to hydrolysis) is 1. The molecule has 4 unspecified atom stereocenters. The number of carbonyl (C=O) groups excluding carboxylic acids is 4. The van der Waals surface area contributed by atoms with Gasteiger partial charge in [-0.1, -0.05) is 74.9 Å². The maximum absolute atomic E-state index is 14.4. The monoisotopic (exact) mass is 637 g/mol. The average Bonchev–Trinajstić information content (AvgIpc) is 2.95. The van der Waals surface area contributed by atoms with E-state index in [4.69, 9.17) is 9.47 Å². The van der Waals surface area contributed by atoms with Crippen LogP contribution in [0.2, 0.25) is 0 Å². The number of phenolic OH excluding ortho intramolecular Hbond substituents is 1. The van der Waals surface area contributed by atoms with Crippen LogP contribution < -0.4 is 10.6 Å². The number of para-hydroxylation sites is 1. The first-order valence-electron chi connectivity index (χ1n) is 15.6. The van der Waals surface area contributed by atoms with Gasteiger partial charge in [0.1, 0.15) is 35.1 Å². The number of hydrogen-bond donors (Lipinski definition) is 3. The molecule has 0 radical (unpaired) electrons. The van der Waals surface area contributed by atoms with Gasteiger partial charge in [-0.25, -0.2) is 9.59 Å². The lowest BCUT2D eigenvalue weighted by atomic mass is 9.94. The summed E-state index contributed by atoms with van der Waals surface area (Å²) in [5.74, 6) is -2.49. The van der Waals surface area contributed by atoms with Gasteiger partial charge in [0, 0.05) is 18.5 Å². The predicted octanol–water partition coefficient (Wildman–Crippen LogP) is 5.76. The summed E-state index contributed by atoms with van der Waals surface area (Å²) in [4.78, 5) is 56.3. The predicted molar refractivity (Wildman–Crippen MR) is 178 cm³/mol. The van der Waals surface area contributed by atoms with Crippen LogP contribution in [0.15, 0.2) is 61.2 Å². The third-order valence-electron chi connectivity index (χ3n) is 7.17.